The SMILES string of the molecule is Cc1cn([C@H]2C[C@H](O[Si](C)(C)C(C)(C)C)[C@@H](CC3([Si](C)(C)C)SCCCS3)O2)c(=O)[nH]c1=O. The van der Waals surface area contributed by atoms with Crippen molar-refractivity contribution in [1.82, 2.24) is 9.55 Å². The quantitative estimate of drug-likeness (QED) is 0.499. The molecular weight excluding hydrogens is 489 g/mol. The van der Waals surface area contributed by atoms with Crippen molar-refractivity contribution < 1.29 is 9.16 Å². The summed E-state index contributed by atoms with van der Waals surface area (Å²) >= 11 is 4.24. The van der Waals surface area contributed by atoms with Crippen molar-refractivity contribution in [3.05, 3.63) is 32.6 Å². The van der Waals surface area contributed by atoms with E-state index in [0.717, 1.165) is 6.42 Å². The van der Waals surface area contributed by atoms with Gasteiger partial charge in [-0.1, -0.05) is 40.4 Å². The molecule has 3 rings (SSSR count). The van der Waals surface area contributed by atoms with Crippen LogP contribution in [0.1, 0.15) is 51.8 Å². The fourth-order valence-corrected chi connectivity index (χ4v) is 13.3. The molecule has 2 fully saturated rings. The van der Waals surface area contributed by atoms with Crippen LogP contribution < -0.4 is 11.2 Å². The van der Waals surface area contributed by atoms with Crippen LogP contribution in [0.2, 0.25) is 37.8 Å². The van der Waals surface area contributed by atoms with Gasteiger partial charge in [0.05, 0.1) is 24.0 Å². The molecule has 2 aliphatic heterocycles. The lowest BCUT2D eigenvalue weighted by Gasteiger charge is -2.47. The first-order valence-corrected chi connectivity index (χ1v) is 20.4. The summed E-state index contributed by atoms with van der Waals surface area (Å²) in [5, 5.41) is 0.0891. The van der Waals surface area contributed by atoms with Crippen LogP contribution in [0, 0.1) is 6.92 Å². The first-order chi connectivity index (χ1) is 15.1. The lowest BCUT2D eigenvalue weighted by atomic mass is 10.1. The van der Waals surface area contributed by atoms with E-state index in [1.807, 2.05) is 0 Å². The van der Waals surface area contributed by atoms with Gasteiger partial charge < -0.3 is 9.16 Å². The minimum atomic E-state index is -2.04. The Labute approximate surface area is 209 Å². The number of nitrogens with zero attached hydrogens (tertiary/aromatic N) is 1. The van der Waals surface area contributed by atoms with Gasteiger partial charge in [-0.2, -0.15) is 0 Å². The summed E-state index contributed by atoms with van der Waals surface area (Å²) in [4.78, 5) is 27.0. The third-order valence-corrected chi connectivity index (χ3v) is 22.0. The molecule has 1 aromatic rings. The third kappa shape index (κ3) is 5.77. The molecule has 33 heavy (non-hydrogen) atoms. The molecule has 0 saturated carbocycles. The van der Waals surface area contributed by atoms with E-state index in [2.05, 4.69) is 82.0 Å². The topological polar surface area (TPSA) is 73.3 Å². The van der Waals surface area contributed by atoms with Crippen molar-refractivity contribution in [2.75, 3.05) is 11.5 Å². The van der Waals surface area contributed by atoms with E-state index in [4.69, 9.17) is 9.16 Å². The normalized spacial score (nSPS) is 26.5. The Morgan fingerprint density at radius 2 is 1.79 bits per heavy atom. The maximum Gasteiger partial charge on any atom is 0.330 e. The van der Waals surface area contributed by atoms with E-state index in [1.54, 1.807) is 17.7 Å². The maximum atomic E-state index is 12.6. The zero-order chi connectivity index (χ0) is 24.8. The zero-order valence-electron chi connectivity index (χ0n) is 21.7. The number of hydrogen-bond acceptors (Lipinski definition) is 6. The summed E-state index contributed by atoms with van der Waals surface area (Å²) in [6, 6.07) is 0. The summed E-state index contributed by atoms with van der Waals surface area (Å²) in [6.45, 7) is 20.5. The number of H-pyrrole nitrogens is 1. The molecule has 0 radical (unpaired) electrons. The van der Waals surface area contributed by atoms with Crippen molar-refractivity contribution in [1.29, 1.82) is 0 Å². The molecule has 0 unspecified atom stereocenters. The van der Waals surface area contributed by atoms with Crippen LogP contribution in [0.4, 0.5) is 0 Å². The summed E-state index contributed by atoms with van der Waals surface area (Å²) in [5.41, 5.74) is -0.239. The fraction of sp³-hybridized carbons (Fsp3) is 0.826. The molecule has 1 aromatic heterocycles. The second-order valence-electron chi connectivity index (χ2n) is 12.0. The van der Waals surface area contributed by atoms with E-state index >= 15 is 0 Å². The average Bonchev–Trinajstić information content (AvgIpc) is 3.05. The fourth-order valence-electron chi connectivity index (χ4n) is 4.23. The predicted molar refractivity (Wildman–Crippen MR) is 147 cm³/mol. The molecule has 0 bridgehead atoms. The second-order valence-corrected chi connectivity index (χ2v) is 25.9. The molecule has 10 heteroatoms. The summed E-state index contributed by atoms with van der Waals surface area (Å²) in [7, 11) is -3.58. The molecule has 1 N–H and O–H groups in total. The Kier molecular flexibility index (Phi) is 7.99. The molecule has 0 aromatic carbocycles. The number of aromatic nitrogens is 2. The highest BCUT2D eigenvalue weighted by atomic mass is 32.2. The smallest absolute Gasteiger partial charge is 0.330 e. The highest BCUT2D eigenvalue weighted by molar-refractivity contribution is 8.21. The van der Waals surface area contributed by atoms with E-state index < -0.39 is 28.3 Å². The van der Waals surface area contributed by atoms with Crippen molar-refractivity contribution in [2.24, 2.45) is 0 Å². The predicted octanol–water partition coefficient (Wildman–Crippen LogP) is 5.36. The number of aryl methyl sites for hydroxylation is 1. The third-order valence-electron chi connectivity index (χ3n) is 7.46. The van der Waals surface area contributed by atoms with Crippen LogP contribution in [-0.4, -0.2) is 53.4 Å². The minimum Gasteiger partial charge on any atom is -0.411 e. The minimum absolute atomic E-state index is 0.0635. The van der Waals surface area contributed by atoms with Crippen molar-refractivity contribution in [3.8, 4) is 0 Å². The van der Waals surface area contributed by atoms with Crippen molar-refractivity contribution in [3.63, 3.8) is 0 Å². The lowest BCUT2D eigenvalue weighted by molar-refractivity contribution is -0.0215. The van der Waals surface area contributed by atoms with E-state index in [0.29, 0.717) is 12.0 Å². The van der Waals surface area contributed by atoms with Gasteiger partial charge in [0.1, 0.15) is 6.23 Å². The van der Waals surface area contributed by atoms with Gasteiger partial charge in [-0.25, -0.2) is 4.79 Å². The van der Waals surface area contributed by atoms with Crippen LogP contribution in [0.3, 0.4) is 0 Å². The molecule has 3 atom stereocenters. The maximum absolute atomic E-state index is 12.6. The van der Waals surface area contributed by atoms with Crippen molar-refractivity contribution >= 4 is 39.9 Å². The Morgan fingerprint density at radius 3 is 2.33 bits per heavy atom. The summed E-state index contributed by atoms with van der Waals surface area (Å²) in [6.07, 6.45) is 3.89. The number of hydrogen-bond donors (Lipinski definition) is 1. The molecule has 0 amide bonds. The van der Waals surface area contributed by atoms with Crippen molar-refractivity contribution in [2.45, 2.75) is 107 Å². The van der Waals surface area contributed by atoms with Gasteiger partial charge in [-0.15, -0.1) is 23.5 Å². The van der Waals surface area contributed by atoms with Gasteiger partial charge in [0.25, 0.3) is 5.56 Å². The summed E-state index contributed by atoms with van der Waals surface area (Å²) < 4.78 is 15.3. The van der Waals surface area contributed by atoms with Gasteiger partial charge in [0.2, 0.25) is 0 Å². The highest BCUT2D eigenvalue weighted by Gasteiger charge is 2.52. The highest BCUT2D eigenvalue weighted by Crippen LogP contribution is 2.53. The van der Waals surface area contributed by atoms with Crippen LogP contribution in [0.25, 0.3) is 0 Å². The number of rotatable bonds is 6. The van der Waals surface area contributed by atoms with Gasteiger partial charge >= 0.3 is 5.69 Å². The molecule has 3 heterocycles. The van der Waals surface area contributed by atoms with Gasteiger partial charge in [-0.05, 0) is 49.4 Å². The number of aromatic amines is 1. The Bertz CT molecular complexity index is 959. The van der Waals surface area contributed by atoms with Crippen LogP contribution in [0.15, 0.2) is 15.8 Å². The number of ether oxygens (including phenoxy) is 1. The first-order valence-electron chi connectivity index (χ1n) is 12.0. The Hall–Kier alpha value is -0.266. The molecule has 2 aliphatic rings. The van der Waals surface area contributed by atoms with E-state index in [9.17, 15) is 9.59 Å². The molecular formula is C23H42N2O4S2Si2. The Morgan fingerprint density at radius 1 is 1.18 bits per heavy atom. The molecule has 0 aliphatic carbocycles. The van der Waals surface area contributed by atoms with Crippen LogP contribution >= 0.6 is 23.5 Å². The molecule has 188 valence electrons. The van der Waals surface area contributed by atoms with Gasteiger partial charge in [-0.3, -0.25) is 14.3 Å². The molecule has 6 nitrogen and oxygen atoms in total. The first kappa shape index (κ1) is 27.3. The molecule has 2 saturated heterocycles. The number of thioether (sulfide) groups is 2. The average molecular weight is 531 g/mol. The monoisotopic (exact) mass is 530 g/mol. The lowest BCUT2D eigenvalue weighted by Crippen LogP contribution is -2.53. The molecule has 0 spiro atoms. The van der Waals surface area contributed by atoms with E-state index in [-0.39, 0.29) is 26.5 Å². The van der Waals surface area contributed by atoms with Crippen LogP contribution in [0.5, 0.6) is 0 Å². The second kappa shape index (κ2) is 9.65. The van der Waals surface area contributed by atoms with Gasteiger partial charge in [0, 0.05) is 18.2 Å². The largest absolute Gasteiger partial charge is 0.411 e. The standard InChI is InChI=1S/C23H42N2O4S2Si2/c1-16-15-25(21(27)24-20(16)26)19-13-17(29-33(8,9)22(2,3)4)18(28-19)14-23(32(5,6)7)30-11-10-12-31-23/h15,17-19H,10-14H2,1-9H3,(H,24,26,27)/t17-,18+,19+/m0/s1. The Balaban J connectivity index is 1.96. The number of nitrogens with one attached hydrogen (secondary N) is 1. The zero-order valence-corrected chi connectivity index (χ0v) is 25.4. The van der Waals surface area contributed by atoms with Crippen LogP contribution in [-0.2, 0) is 9.16 Å². The van der Waals surface area contributed by atoms with E-state index in [1.165, 1.54) is 17.9 Å². The van der Waals surface area contributed by atoms with Gasteiger partial charge in [0.15, 0.2) is 8.32 Å². The summed E-state index contributed by atoms with van der Waals surface area (Å²) in [5.74, 6) is 2.39.